The van der Waals surface area contributed by atoms with Crippen molar-refractivity contribution in [2.24, 2.45) is 11.8 Å². The Balaban J connectivity index is 1.50. The van der Waals surface area contributed by atoms with Gasteiger partial charge in [0.2, 0.25) is 11.8 Å². The molecule has 10 heteroatoms. The fourth-order valence-electron chi connectivity index (χ4n) is 7.57. The first kappa shape index (κ1) is 31.8. The van der Waals surface area contributed by atoms with Gasteiger partial charge in [0, 0.05) is 37.5 Å². The molecule has 2 unspecified atom stereocenters. The molecule has 0 aliphatic carbocycles. The number of aliphatic hydroxyl groups is 1. The first-order valence-corrected chi connectivity index (χ1v) is 16.3. The molecule has 43 heavy (non-hydrogen) atoms. The number of ether oxygens (including phenoxy) is 2. The molecule has 5 rings (SSSR count). The topological polar surface area (TPSA) is 99.6 Å². The van der Waals surface area contributed by atoms with E-state index in [0.29, 0.717) is 58.5 Å². The number of nitrogens with zero attached hydrogens (tertiary/aromatic N) is 3. The summed E-state index contributed by atoms with van der Waals surface area (Å²) in [5.74, 6) is -2.13. The summed E-state index contributed by atoms with van der Waals surface area (Å²) in [6, 6.07) is 8.29. The average Bonchev–Trinajstić information content (AvgIpc) is 3.59. The fraction of sp³-hybridized carbons (Fsp3) is 0.606. The first-order chi connectivity index (χ1) is 20.8. The van der Waals surface area contributed by atoms with E-state index in [1.54, 1.807) is 33.7 Å². The minimum absolute atomic E-state index is 0.145. The standard InChI is InChI=1S/C33H45N3O6S/c1-4-6-19-42-31(40)27-26-29(38)36(25(23-37)22-24-10-8-7-9-11-24)28(33(26)13-12-32(27,3)43-33)30(39)35(14-5-2)16-15-34-17-20-41-21-18-34/h4-5,7-11,25-28,37H,1-2,6,12-23H2,3H3/t25-,26+,27-,28?,32+,33?/m1/s1. The van der Waals surface area contributed by atoms with Gasteiger partial charge in [0.1, 0.15) is 6.04 Å². The molecule has 1 spiro atoms. The van der Waals surface area contributed by atoms with Crippen molar-refractivity contribution in [3.8, 4) is 0 Å². The monoisotopic (exact) mass is 611 g/mol. The van der Waals surface area contributed by atoms with Crippen LogP contribution in [-0.2, 0) is 30.3 Å². The van der Waals surface area contributed by atoms with Gasteiger partial charge in [-0.05, 0) is 38.2 Å². The number of aliphatic hydroxyl groups excluding tert-OH is 1. The number of morpholine rings is 1. The molecule has 0 radical (unpaired) electrons. The van der Waals surface area contributed by atoms with E-state index in [1.165, 1.54) is 0 Å². The van der Waals surface area contributed by atoms with E-state index in [2.05, 4.69) is 18.1 Å². The zero-order valence-electron chi connectivity index (χ0n) is 25.2. The Morgan fingerprint density at radius 2 is 1.95 bits per heavy atom. The van der Waals surface area contributed by atoms with Crippen LogP contribution in [0, 0.1) is 11.8 Å². The SMILES string of the molecule is C=CCCOC(=O)[C@H]1[C@H]2C(=O)N([C@@H](CO)Cc3ccccc3)C(C(=O)N(CC=C)CCN3CCOCC3)C23CC[C@]1(C)S3. The smallest absolute Gasteiger partial charge is 0.311 e. The number of likely N-dealkylation sites (tertiary alicyclic amines) is 1. The Bertz CT molecular complexity index is 1190. The number of thioether (sulfide) groups is 1. The minimum Gasteiger partial charge on any atom is -0.465 e. The summed E-state index contributed by atoms with van der Waals surface area (Å²) in [7, 11) is 0. The molecule has 4 aliphatic heterocycles. The van der Waals surface area contributed by atoms with Crippen LogP contribution in [0.1, 0.15) is 31.7 Å². The second-order valence-corrected chi connectivity index (χ2v) is 14.2. The number of rotatable bonds is 14. The molecule has 9 nitrogen and oxygen atoms in total. The lowest BCUT2D eigenvalue weighted by atomic mass is 9.66. The van der Waals surface area contributed by atoms with E-state index in [9.17, 15) is 19.5 Å². The summed E-state index contributed by atoms with van der Waals surface area (Å²) in [6.07, 6.45) is 5.70. The molecule has 4 aliphatic rings. The predicted molar refractivity (Wildman–Crippen MR) is 166 cm³/mol. The van der Waals surface area contributed by atoms with E-state index in [-0.39, 0.29) is 31.0 Å². The summed E-state index contributed by atoms with van der Waals surface area (Å²) in [5.41, 5.74) is 0.967. The Hall–Kier alpha value is -2.66. The third-order valence-corrected chi connectivity index (χ3v) is 11.6. The van der Waals surface area contributed by atoms with Crippen LogP contribution in [0.5, 0.6) is 0 Å². The van der Waals surface area contributed by atoms with Crippen molar-refractivity contribution in [3.63, 3.8) is 0 Å². The van der Waals surface area contributed by atoms with Gasteiger partial charge in [-0.2, -0.15) is 0 Å². The first-order valence-electron chi connectivity index (χ1n) is 15.4. The number of hydrogen-bond acceptors (Lipinski definition) is 8. The maximum atomic E-state index is 14.8. The second kappa shape index (κ2) is 13.5. The molecule has 2 bridgehead atoms. The van der Waals surface area contributed by atoms with E-state index in [0.717, 1.165) is 18.7 Å². The zero-order valence-corrected chi connectivity index (χ0v) is 26.0. The van der Waals surface area contributed by atoms with Crippen molar-refractivity contribution in [1.29, 1.82) is 0 Å². The molecule has 6 atom stereocenters. The van der Waals surface area contributed by atoms with Gasteiger partial charge in [-0.15, -0.1) is 24.9 Å². The Labute approximate surface area is 259 Å². The molecule has 0 aromatic heterocycles. The molecular formula is C33H45N3O6S. The number of carbonyl (C=O) groups excluding carboxylic acids is 3. The molecular weight excluding hydrogens is 566 g/mol. The zero-order chi connectivity index (χ0) is 30.6. The number of carbonyl (C=O) groups is 3. The molecule has 1 N–H and O–H groups in total. The number of hydrogen-bond donors (Lipinski definition) is 1. The van der Waals surface area contributed by atoms with Crippen molar-refractivity contribution in [2.45, 2.75) is 54.2 Å². The number of esters is 1. The lowest BCUT2D eigenvalue weighted by Gasteiger charge is -2.40. The summed E-state index contributed by atoms with van der Waals surface area (Å²) in [6.45, 7) is 14.1. The molecule has 4 fully saturated rings. The lowest BCUT2D eigenvalue weighted by molar-refractivity contribution is -0.156. The molecule has 1 aromatic carbocycles. The number of amides is 2. The van der Waals surface area contributed by atoms with Crippen LogP contribution >= 0.6 is 11.8 Å². The highest BCUT2D eigenvalue weighted by Gasteiger charge is 2.78. The van der Waals surface area contributed by atoms with Gasteiger partial charge in [-0.3, -0.25) is 19.3 Å². The molecule has 234 valence electrons. The van der Waals surface area contributed by atoms with Gasteiger partial charge in [0.05, 0.1) is 49.1 Å². The van der Waals surface area contributed by atoms with E-state index in [1.807, 2.05) is 37.3 Å². The second-order valence-electron chi connectivity index (χ2n) is 12.3. The average molecular weight is 612 g/mol. The highest BCUT2D eigenvalue weighted by atomic mass is 32.2. The lowest BCUT2D eigenvalue weighted by Crippen LogP contribution is -2.58. The van der Waals surface area contributed by atoms with Crippen LogP contribution in [0.4, 0.5) is 0 Å². The predicted octanol–water partition coefficient (Wildman–Crippen LogP) is 2.54. The Kier molecular flexibility index (Phi) is 10.0. The Morgan fingerprint density at radius 3 is 2.63 bits per heavy atom. The third kappa shape index (κ3) is 6.03. The summed E-state index contributed by atoms with van der Waals surface area (Å²) in [5, 5.41) is 10.7. The Morgan fingerprint density at radius 1 is 1.21 bits per heavy atom. The van der Waals surface area contributed by atoms with E-state index >= 15 is 0 Å². The molecule has 1 aromatic rings. The molecule has 0 saturated carbocycles. The van der Waals surface area contributed by atoms with Crippen molar-refractivity contribution in [1.82, 2.24) is 14.7 Å². The van der Waals surface area contributed by atoms with Crippen LogP contribution < -0.4 is 0 Å². The van der Waals surface area contributed by atoms with Crippen LogP contribution in [0.15, 0.2) is 55.6 Å². The van der Waals surface area contributed by atoms with E-state index < -0.39 is 33.4 Å². The van der Waals surface area contributed by atoms with Gasteiger partial charge in [0.15, 0.2) is 0 Å². The fourth-order valence-corrected chi connectivity index (χ4v) is 9.90. The largest absolute Gasteiger partial charge is 0.465 e. The maximum Gasteiger partial charge on any atom is 0.311 e. The highest BCUT2D eigenvalue weighted by molar-refractivity contribution is 8.02. The van der Waals surface area contributed by atoms with Crippen LogP contribution in [0.3, 0.4) is 0 Å². The summed E-state index contributed by atoms with van der Waals surface area (Å²) in [4.78, 5) is 48.7. The van der Waals surface area contributed by atoms with Crippen LogP contribution in [0.2, 0.25) is 0 Å². The summed E-state index contributed by atoms with van der Waals surface area (Å²) >= 11 is 1.62. The van der Waals surface area contributed by atoms with Gasteiger partial charge in [-0.25, -0.2) is 0 Å². The van der Waals surface area contributed by atoms with Crippen LogP contribution in [0.25, 0.3) is 0 Å². The number of fused-ring (bicyclic) bond motifs is 1. The molecule has 2 amide bonds. The van der Waals surface area contributed by atoms with Gasteiger partial charge in [0.25, 0.3) is 0 Å². The highest BCUT2D eigenvalue weighted by Crippen LogP contribution is 2.71. The molecule has 4 saturated heterocycles. The van der Waals surface area contributed by atoms with Gasteiger partial charge < -0.3 is 24.4 Å². The third-order valence-electron chi connectivity index (χ3n) is 9.64. The summed E-state index contributed by atoms with van der Waals surface area (Å²) < 4.78 is 9.87. The minimum atomic E-state index is -0.812. The quantitative estimate of drug-likeness (QED) is 0.195. The van der Waals surface area contributed by atoms with Gasteiger partial charge in [-0.1, -0.05) is 42.5 Å². The van der Waals surface area contributed by atoms with Crippen molar-refractivity contribution in [2.75, 3.05) is 59.2 Å². The van der Waals surface area contributed by atoms with Gasteiger partial charge >= 0.3 is 5.97 Å². The van der Waals surface area contributed by atoms with Crippen LogP contribution in [-0.4, -0.2) is 118 Å². The normalized spacial score (nSPS) is 30.6. The van der Waals surface area contributed by atoms with Crippen molar-refractivity contribution < 1.29 is 29.0 Å². The van der Waals surface area contributed by atoms with E-state index in [4.69, 9.17) is 9.47 Å². The maximum absolute atomic E-state index is 14.8. The van der Waals surface area contributed by atoms with Crippen molar-refractivity contribution in [3.05, 3.63) is 61.2 Å². The number of benzene rings is 1. The molecule has 4 heterocycles. The van der Waals surface area contributed by atoms with Crippen molar-refractivity contribution >= 4 is 29.5 Å².